The van der Waals surface area contributed by atoms with Crippen LogP contribution in [0.15, 0.2) is 79.1 Å². The summed E-state index contributed by atoms with van der Waals surface area (Å²) in [5.41, 5.74) is 1.94. The van der Waals surface area contributed by atoms with Gasteiger partial charge in [0.25, 0.3) is 5.91 Å². The first kappa shape index (κ1) is 18.5. The molecule has 0 aliphatic rings. The number of thiazole rings is 1. The lowest BCUT2D eigenvalue weighted by molar-refractivity contribution is -0.128. The largest absolute Gasteiger partial charge is 0.423 e. The zero-order chi connectivity index (χ0) is 20.1. The fraction of sp³-hybridized carbons (Fsp3) is 0. The number of carbonyl (C=O) groups is 2. The molecule has 0 saturated carbocycles. The summed E-state index contributed by atoms with van der Waals surface area (Å²) in [4.78, 5) is 32.6. The molecule has 0 bridgehead atoms. The number of benzene rings is 2. The van der Waals surface area contributed by atoms with E-state index in [0.717, 1.165) is 15.2 Å². The maximum atomic E-state index is 12.2. The van der Waals surface area contributed by atoms with Gasteiger partial charge in [-0.05, 0) is 54.6 Å². The Balaban J connectivity index is 1.36. The predicted molar refractivity (Wildman–Crippen MR) is 113 cm³/mol. The minimum Gasteiger partial charge on any atom is -0.423 e. The van der Waals surface area contributed by atoms with Gasteiger partial charge in [0.1, 0.15) is 10.8 Å². The van der Waals surface area contributed by atoms with Crippen LogP contribution in [0.5, 0.6) is 5.75 Å². The molecule has 1 N–H and O–H groups in total. The number of ether oxygens (including phenoxy) is 1. The van der Waals surface area contributed by atoms with E-state index in [2.05, 4.69) is 15.3 Å². The van der Waals surface area contributed by atoms with Crippen LogP contribution in [0.2, 0.25) is 0 Å². The van der Waals surface area contributed by atoms with Crippen LogP contribution in [0.1, 0.15) is 15.4 Å². The SMILES string of the molecule is O=C(/C=C/c1nc2ccccc2s1)Oc1ccc(C(=O)Nc2cccnc2)cc1. The highest BCUT2D eigenvalue weighted by molar-refractivity contribution is 7.19. The van der Waals surface area contributed by atoms with E-state index in [4.69, 9.17) is 4.74 Å². The van der Waals surface area contributed by atoms with Crippen molar-refractivity contribution in [3.8, 4) is 5.75 Å². The molecule has 29 heavy (non-hydrogen) atoms. The van der Waals surface area contributed by atoms with E-state index in [1.165, 1.54) is 17.4 Å². The molecule has 7 heteroatoms. The smallest absolute Gasteiger partial charge is 0.336 e. The highest BCUT2D eigenvalue weighted by Gasteiger charge is 2.08. The zero-order valence-electron chi connectivity index (χ0n) is 15.1. The second kappa shape index (κ2) is 8.45. The topological polar surface area (TPSA) is 81.2 Å². The Morgan fingerprint density at radius 1 is 1.00 bits per heavy atom. The highest BCUT2D eigenvalue weighted by atomic mass is 32.1. The third-order valence-electron chi connectivity index (χ3n) is 3.93. The van der Waals surface area contributed by atoms with Crippen molar-refractivity contribution in [2.45, 2.75) is 0 Å². The molecule has 1 amide bonds. The number of nitrogens with zero attached hydrogens (tertiary/aromatic N) is 2. The Kier molecular flexibility index (Phi) is 5.40. The van der Waals surface area contributed by atoms with Crippen LogP contribution in [-0.4, -0.2) is 21.8 Å². The van der Waals surface area contributed by atoms with Gasteiger partial charge in [-0.15, -0.1) is 11.3 Å². The van der Waals surface area contributed by atoms with Gasteiger partial charge in [0.05, 0.1) is 22.1 Å². The van der Waals surface area contributed by atoms with Crippen LogP contribution in [0.3, 0.4) is 0 Å². The summed E-state index contributed by atoms with van der Waals surface area (Å²) in [6.07, 6.45) is 6.15. The lowest BCUT2D eigenvalue weighted by atomic mass is 10.2. The van der Waals surface area contributed by atoms with E-state index in [1.54, 1.807) is 54.9 Å². The number of rotatable bonds is 5. The number of nitrogens with one attached hydrogen (secondary N) is 1. The molecule has 0 fully saturated rings. The molecule has 6 nitrogen and oxygen atoms in total. The molecule has 0 unspecified atom stereocenters. The van der Waals surface area contributed by atoms with Gasteiger partial charge in [-0.2, -0.15) is 0 Å². The van der Waals surface area contributed by atoms with Gasteiger partial charge in [-0.3, -0.25) is 9.78 Å². The quantitative estimate of drug-likeness (QED) is 0.301. The normalized spacial score (nSPS) is 10.9. The lowest BCUT2D eigenvalue weighted by Crippen LogP contribution is -2.12. The maximum absolute atomic E-state index is 12.2. The first-order valence-corrected chi connectivity index (χ1v) is 9.56. The van der Waals surface area contributed by atoms with E-state index < -0.39 is 5.97 Å². The molecule has 0 radical (unpaired) electrons. The summed E-state index contributed by atoms with van der Waals surface area (Å²) in [5.74, 6) is -0.440. The summed E-state index contributed by atoms with van der Waals surface area (Å²) in [6.45, 7) is 0. The van der Waals surface area contributed by atoms with E-state index >= 15 is 0 Å². The number of pyridine rings is 1. The van der Waals surface area contributed by atoms with E-state index in [9.17, 15) is 9.59 Å². The fourth-order valence-corrected chi connectivity index (χ4v) is 3.44. The number of hydrogen-bond acceptors (Lipinski definition) is 6. The molecule has 142 valence electrons. The predicted octanol–water partition coefficient (Wildman–Crippen LogP) is 4.56. The number of esters is 1. The first-order chi connectivity index (χ1) is 14.2. The Bertz CT molecular complexity index is 1150. The molecule has 0 spiro atoms. The number of fused-ring (bicyclic) bond motifs is 1. The van der Waals surface area contributed by atoms with E-state index in [-0.39, 0.29) is 5.91 Å². The van der Waals surface area contributed by atoms with Crippen LogP contribution in [0.4, 0.5) is 5.69 Å². The standard InChI is InChI=1S/C22H15N3O3S/c26-21(12-11-20-25-18-5-1-2-6-19(18)29-20)28-17-9-7-15(8-10-17)22(27)24-16-4-3-13-23-14-16/h1-14H,(H,24,27)/b12-11+. The van der Waals surface area contributed by atoms with Crippen LogP contribution in [-0.2, 0) is 4.79 Å². The maximum Gasteiger partial charge on any atom is 0.336 e. The minimum absolute atomic E-state index is 0.272. The summed E-state index contributed by atoms with van der Waals surface area (Å²) in [7, 11) is 0. The molecule has 0 saturated heterocycles. The van der Waals surface area contributed by atoms with Crippen molar-refractivity contribution in [3.05, 3.63) is 89.7 Å². The molecule has 2 heterocycles. The third-order valence-corrected chi connectivity index (χ3v) is 4.93. The third kappa shape index (κ3) is 4.72. The number of aromatic nitrogens is 2. The molecule has 0 aliphatic carbocycles. The van der Waals surface area contributed by atoms with Crippen molar-refractivity contribution in [1.29, 1.82) is 0 Å². The van der Waals surface area contributed by atoms with Gasteiger partial charge in [0.2, 0.25) is 0 Å². The Hall–Kier alpha value is -3.84. The van der Waals surface area contributed by atoms with Crippen LogP contribution < -0.4 is 10.1 Å². The molecule has 2 aromatic heterocycles. The van der Waals surface area contributed by atoms with Crippen molar-refractivity contribution < 1.29 is 14.3 Å². The molecule has 0 aliphatic heterocycles. The molecule has 2 aromatic carbocycles. The average Bonchev–Trinajstić information content (AvgIpc) is 3.17. The highest BCUT2D eigenvalue weighted by Crippen LogP contribution is 2.22. The number of hydrogen-bond donors (Lipinski definition) is 1. The lowest BCUT2D eigenvalue weighted by Gasteiger charge is -2.05. The summed E-state index contributed by atoms with van der Waals surface area (Å²) >= 11 is 1.50. The van der Waals surface area contributed by atoms with Gasteiger partial charge in [-0.25, -0.2) is 9.78 Å². The molecule has 4 aromatic rings. The van der Waals surface area contributed by atoms with Crippen LogP contribution >= 0.6 is 11.3 Å². The van der Waals surface area contributed by atoms with Gasteiger partial charge in [-0.1, -0.05) is 12.1 Å². The summed E-state index contributed by atoms with van der Waals surface area (Å²) in [5, 5.41) is 3.47. The van der Waals surface area contributed by atoms with E-state index in [1.807, 2.05) is 24.3 Å². The molecule has 4 rings (SSSR count). The Morgan fingerprint density at radius 3 is 2.59 bits per heavy atom. The summed E-state index contributed by atoms with van der Waals surface area (Å²) in [6, 6.07) is 17.6. The van der Waals surface area contributed by atoms with Crippen LogP contribution in [0, 0.1) is 0 Å². The van der Waals surface area contributed by atoms with Gasteiger partial charge in [0.15, 0.2) is 0 Å². The second-order valence-electron chi connectivity index (χ2n) is 5.99. The van der Waals surface area contributed by atoms with Crippen molar-refractivity contribution in [2.75, 3.05) is 5.32 Å². The number of carbonyl (C=O) groups excluding carboxylic acids is 2. The number of amides is 1. The average molecular weight is 401 g/mol. The molecular formula is C22H15N3O3S. The van der Waals surface area contributed by atoms with Crippen LogP contribution in [0.25, 0.3) is 16.3 Å². The van der Waals surface area contributed by atoms with Gasteiger partial charge < -0.3 is 10.1 Å². The van der Waals surface area contributed by atoms with Crippen molar-refractivity contribution in [3.63, 3.8) is 0 Å². The van der Waals surface area contributed by atoms with Gasteiger partial charge in [0, 0.05) is 17.8 Å². The van der Waals surface area contributed by atoms with Crippen molar-refractivity contribution in [1.82, 2.24) is 9.97 Å². The zero-order valence-corrected chi connectivity index (χ0v) is 15.9. The minimum atomic E-state index is -0.517. The summed E-state index contributed by atoms with van der Waals surface area (Å²) < 4.78 is 6.33. The number of para-hydroxylation sites is 1. The number of anilines is 1. The monoisotopic (exact) mass is 401 g/mol. The van der Waals surface area contributed by atoms with Crippen molar-refractivity contribution >= 4 is 45.2 Å². The van der Waals surface area contributed by atoms with Crippen molar-refractivity contribution in [2.24, 2.45) is 0 Å². The molecular weight excluding hydrogens is 386 g/mol. The Labute approximate surface area is 170 Å². The second-order valence-corrected chi connectivity index (χ2v) is 7.06. The Morgan fingerprint density at radius 2 is 1.83 bits per heavy atom. The van der Waals surface area contributed by atoms with E-state index in [0.29, 0.717) is 17.0 Å². The molecule has 0 atom stereocenters. The van der Waals surface area contributed by atoms with Gasteiger partial charge >= 0.3 is 5.97 Å². The first-order valence-electron chi connectivity index (χ1n) is 8.74. The fourth-order valence-electron chi connectivity index (χ4n) is 2.57.